The van der Waals surface area contributed by atoms with E-state index in [9.17, 15) is 4.79 Å². The van der Waals surface area contributed by atoms with E-state index in [2.05, 4.69) is 10.3 Å². The van der Waals surface area contributed by atoms with E-state index in [4.69, 9.17) is 32.7 Å². The number of nitrogens with zero attached hydrogens (tertiary/aromatic N) is 1. The third kappa shape index (κ3) is 3.68. The van der Waals surface area contributed by atoms with Crippen LogP contribution >= 0.6 is 23.2 Å². The first-order valence-corrected chi connectivity index (χ1v) is 7.82. The number of fused-ring (bicyclic) bond motifs is 1. The van der Waals surface area contributed by atoms with Crippen LogP contribution in [0.25, 0.3) is 0 Å². The molecule has 0 aliphatic carbocycles. The van der Waals surface area contributed by atoms with E-state index >= 15 is 0 Å². The molecule has 1 amide bonds. The maximum Gasteiger partial charge on any atom is 0.251 e. The van der Waals surface area contributed by atoms with E-state index < -0.39 is 0 Å². The molecule has 1 N–H and O–H groups in total. The fourth-order valence-electron chi connectivity index (χ4n) is 2.29. The van der Waals surface area contributed by atoms with Crippen LogP contribution in [0.1, 0.15) is 28.9 Å². The van der Waals surface area contributed by atoms with Gasteiger partial charge in [-0.25, -0.2) is 4.98 Å². The second kappa shape index (κ2) is 6.64. The first kappa shape index (κ1) is 15.9. The molecule has 0 bridgehead atoms. The number of halogens is 2. The molecule has 1 aromatic carbocycles. The predicted octanol–water partition coefficient (Wildman–Crippen LogP) is 3.65. The molecule has 0 radical (unpaired) electrons. The van der Waals surface area contributed by atoms with Crippen LogP contribution < -0.4 is 14.8 Å². The standard InChI is InChI=1S/C16H14Cl2N2O3/c1-9(10-2-3-12-13(6-10)23-5-4-22-12)19-16(21)11-7-14(17)20-15(18)8-11/h2-3,6-9H,4-5H2,1H3,(H,19,21). The molecule has 5 nitrogen and oxygen atoms in total. The third-order valence-corrected chi connectivity index (χ3v) is 3.83. The molecular formula is C16H14Cl2N2O3. The number of nitrogens with one attached hydrogen (secondary N) is 1. The van der Waals surface area contributed by atoms with Crippen LogP contribution in [0.4, 0.5) is 0 Å². The van der Waals surface area contributed by atoms with Gasteiger partial charge in [0.15, 0.2) is 11.5 Å². The number of carbonyl (C=O) groups excluding carboxylic acids is 1. The van der Waals surface area contributed by atoms with Crippen LogP contribution in [0, 0.1) is 0 Å². The highest BCUT2D eigenvalue weighted by atomic mass is 35.5. The topological polar surface area (TPSA) is 60.5 Å². The van der Waals surface area contributed by atoms with E-state index in [1.54, 1.807) is 0 Å². The van der Waals surface area contributed by atoms with E-state index in [-0.39, 0.29) is 22.3 Å². The van der Waals surface area contributed by atoms with Crippen LogP contribution in [0.2, 0.25) is 10.3 Å². The lowest BCUT2D eigenvalue weighted by molar-refractivity contribution is 0.0939. The number of hydrogen-bond donors (Lipinski definition) is 1. The number of benzene rings is 1. The van der Waals surface area contributed by atoms with Gasteiger partial charge >= 0.3 is 0 Å². The van der Waals surface area contributed by atoms with Crippen molar-refractivity contribution < 1.29 is 14.3 Å². The van der Waals surface area contributed by atoms with Gasteiger partial charge < -0.3 is 14.8 Å². The van der Waals surface area contributed by atoms with E-state index in [0.717, 1.165) is 5.56 Å². The normalized spacial score (nSPS) is 14.2. The van der Waals surface area contributed by atoms with Crippen LogP contribution in [0.3, 0.4) is 0 Å². The molecule has 3 rings (SSSR count). The molecule has 2 aromatic rings. The Hall–Kier alpha value is -1.98. The molecule has 7 heteroatoms. The van der Waals surface area contributed by atoms with Gasteiger partial charge in [0.1, 0.15) is 23.5 Å². The summed E-state index contributed by atoms with van der Waals surface area (Å²) in [5.41, 5.74) is 1.27. The number of ether oxygens (including phenoxy) is 2. The van der Waals surface area contributed by atoms with Crippen molar-refractivity contribution in [3.63, 3.8) is 0 Å². The van der Waals surface area contributed by atoms with Gasteiger partial charge in [0.2, 0.25) is 0 Å². The number of aromatic nitrogens is 1. The monoisotopic (exact) mass is 352 g/mol. The predicted molar refractivity (Wildman–Crippen MR) is 87.6 cm³/mol. The fourth-order valence-corrected chi connectivity index (χ4v) is 2.75. The molecule has 1 aliphatic heterocycles. The Balaban J connectivity index is 1.75. The Morgan fingerprint density at radius 1 is 1.13 bits per heavy atom. The van der Waals surface area contributed by atoms with Gasteiger partial charge in [-0.3, -0.25) is 4.79 Å². The summed E-state index contributed by atoms with van der Waals surface area (Å²) in [5, 5.41) is 3.24. The summed E-state index contributed by atoms with van der Waals surface area (Å²) in [7, 11) is 0. The van der Waals surface area contributed by atoms with Gasteiger partial charge in [0.05, 0.1) is 6.04 Å². The van der Waals surface area contributed by atoms with Crippen molar-refractivity contribution in [2.24, 2.45) is 0 Å². The van der Waals surface area contributed by atoms with Crippen molar-refractivity contribution in [3.8, 4) is 11.5 Å². The van der Waals surface area contributed by atoms with E-state index in [1.807, 2.05) is 25.1 Å². The van der Waals surface area contributed by atoms with Gasteiger partial charge in [0.25, 0.3) is 5.91 Å². The molecule has 1 aromatic heterocycles. The van der Waals surface area contributed by atoms with Crippen LogP contribution in [-0.4, -0.2) is 24.1 Å². The summed E-state index contributed by atoms with van der Waals surface area (Å²) in [5.74, 6) is 1.12. The molecular weight excluding hydrogens is 339 g/mol. The lowest BCUT2D eigenvalue weighted by Crippen LogP contribution is -2.27. The second-order valence-electron chi connectivity index (χ2n) is 5.10. The van der Waals surface area contributed by atoms with Gasteiger partial charge in [-0.2, -0.15) is 0 Å². The van der Waals surface area contributed by atoms with Crippen LogP contribution in [0.15, 0.2) is 30.3 Å². The average molecular weight is 353 g/mol. The number of hydrogen-bond acceptors (Lipinski definition) is 4. The molecule has 1 aliphatic rings. The number of amides is 1. The molecule has 120 valence electrons. The average Bonchev–Trinajstić information content (AvgIpc) is 2.53. The van der Waals surface area contributed by atoms with E-state index in [1.165, 1.54) is 12.1 Å². The minimum absolute atomic E-state index is 0.176. The molecule has 1 atom stereocenters. The minimum Gasteiger partial charge on any atom is -0.486 e. The summed E-state index contributed by atoms with van der Waals surface area (Å²) in [4.78, 5) is 16.1. The molecule has 0 saturated carbocycles. The van der Waals surface area contributed by atoms with Crippen molar-refractivity contribution in [2.45, 2.75) is 13.0 Å². The molecule has 23 heavy (non-hydrogen) atoms. The maximum atomic E-state index is 12.3. The lowest BCUT2D eigenvalue weighted by Gasteiger charge is -2.21. The number of pyridine rings is 1. The maximum absolute atomic E-state index is 12.3. The van der Waals surface area contributed by atoms with Crippen molar-refractivity contribution in [1.29, 1.82) is 0 Å². The third-order valence-electron chi connectivity index (χ3n) is 3.44. The van der Waals surface area contributed by atoms with Crippen LogP contribution in [-0.2, 0) is 0 Å². The summed E-state index contributed by atoms with van der Waals surface area (Å²) in [6.45, 7) is 2.95. The summed E-state index contributed by atoms with van der Waals surface area (Å²) in [6.07, 6.45) is 0. The SMILES string of the molecule is CC(NC(=O)c1cc(Cl)nc(Cl)c1)c1ccc2c(c1)OCCO2. The smallest absolute Gasteiger partial charge is 0.251 e. The zero-order valence-corrected chi connectivity index (χ0v) is 13.8. The Morgan fingerprint density at radius 3 is 2.48 bits per heavy atom. The summed E-state index contributed by atoms with van der Waals surface area (Å²) < 4.78 is 11.0. The lowest BCUT2D eigenvalue weighted by atomic mass is 10.1. The Kier molecular flexibility index (Phi) is 4.59. The van der Waals surface area contributed by atoms with Crippen LogP contribution in [0.5, 0.6) is 11.5 Å². The van der Waals surface area contributed by atoms with Gasteiger partial charge in [0, 0.05) is 5.56 Å². The quantitative estimate of drug-likeness (QED) is 0.856. The Bertz CT molecular complexity index is 732. The summed E-state index contributed by atoms with van der Waals surface area (Å²) in [6, 6.07) is 8.33. The number of carbonyl (C=O) groups is 1. The molecule has 2 heterocycles. The minimum atomic E-state index is -0.279. The van der Waals surface area contributed by atoms with Crippen molar-refractivity contribution in [2.75, 3.05) is 13.2 Å². The molecule has 0 fully saturated rings. The second-order valence-corrected chi connectivity index (χ2v) is 5.87. The first-order valence-electron chi connectivity index (χ1n) is 7.06. The largest absolute Gasteiger partial charge is 0.486 e. The zero-order valence-electron chi connectivity index (χ0n) is 12.3. The number of rotatable bonds is 3. The van der Waals surface area contributed by atoms with Crippen molar-refractivity contribution in [3.05, 3.63) is 51.8 Å². The fraction of sp³-hybridized carbons (Fsp3) is 0.250. The van der Waals surface area contributed by atoms with E-state index in [0.29, 0.717) is 30.3 Å². The summed E-state index contributed by atoms with van der Waals surface area (Å²) >= 11 is 11.6. The van der Waals surface area contributed by atoms with Crippen molar-refractivity contribution in [1.82, 2.24) is 10.3 Å². The highest BCUT2D eigenvalue weighted by molar-refractivity contribution is 6.33. The molecule has 0 saturated heterocycles. The Morgan fingerprint density at radius 2 is 1.78 bits per heavy atom. The van der Waals surface area contributed by atoms with Gasteiger partial charge in [-0.15, -0.1) is 0 Å². The highest BCUT2D eigenvalue weighted by Crippen LogP contribution is 2.32. The van der Waals surface area contributed by atoms with Crippen molar-refractivity contribution >= 4 is 29.1 Å². The van der Waals surface area contributed by atoms with Gasteiger partial charge in [-0.1, -0.05) is 29.3 Å². The Labute approximate surface area is 143 Å². The molecule has 1 unspecified atom stereocenters. The first-order chi connectivity index (χ1) is 11.0. The highest BCUT2D eigenvalue weighted by Gasteiger charge is 2.17. The van der Waals surface area contributed by atoms with Gasteiger partial charge in [-0.05, 0) is 36.8 Å². The zero-order chi connectivity index (χ0) is 16.4. The molecule has 0 spiro atoms.